The van der Waals surface area contributed by atoms with Gasteiger partial charge < -0.3 is 5.32 Å². The lowest BCUT2D eigenvalue weighted by Crippen LogP contribution is -2.34. The summed E-state index contributed by atoms with van der Waals surface area (Å²) in [5.41, 5.74) is 1.90. The highest BCUT2D eigenvalue weighted by Crippen LogP contribution is 2.28. The smallest absolute Gasteiger partial charge is 0.252 e. The third-order valence-corrected chi connectivity index (χ3v) is 7.81. The Morgan fingerprint density at radius 3 is 2.72 bits per heavy atom. The fourth-order valence-corrected chi connectivity index (χ4v) is 5.92. The summed E-state index contributed by atoms with van der Waals surface area (Å²) in [5, 5.41) is 3.09. The van der Waals surface area contributed by atoms with Gasteiger partial charge in [0.15, 0.2) is 5.13 Å². The molecule has 0 bridgehead atoms. The molecule has 6 nitrogen and oxygen atoms in total. The van der Waals surface area contributed by atoms with Crippen LogP contribution in [0.5, 0.6) is 0 Å². The molecule has 0 unspecified atom stereocenters. The number of thiazole rings is 1. The molecular weight excluding hydrogens is 402 g/mol. The van der Waals surface area contributed by atoms with Crippen molar-refractivity contribution in [2.45, 2.75) is 11.1 Å². The number of hydrogen-bond donors (Lipinski definition) is 1. The summed E-state index contributed by atoms with van der Waals surface area (Å²) < 4.78 is 27.2. The number of likely N-dealkylation sites (N-methyl/N-ethyl adjacent to an activating group) is 1. The van der Waals surface area contributed by atoms with Crippen LogP contribution in [0.4, 0.5) is 5.13 Å². The largest absolute Gasteiger partial charge is 0.301 e. The molecule has 3 aromatic rings. The second-order valence-corrected chi connectivity index (χ2v) is 10.4. The molecule has 2 aromatic heterocycles. The first-order chi connectivity index (χ1) is 11.8. The van der Waals surface area contributed by atoms with Gasteiger partial charge in [-0.3, -0.25) is 4.79 Å². The van der Waals surface area contributed by atoms with E-state index in [0.29, 0.717) is 9.47 Å². The maximum Gasteiger partial charge on any atom is 0.252 e. The zero-order chi connectivity index (χ0) is 18.2. The minimum absolute atomic E-state index is 0.100. The molecule has 3 rings (SSSR count). The van der Waals surface area contributed by atoms with Crippen LogP contribution in [0.1, 0.15) is 5.56 Å². The number of thiophene rings is 1. The monoisotopic (exact) mass is 415 g/mol. The number of carbonyl (C=O) groups excluding carboxylic acids is 1. The van der Waals surface area contributed by atoms with Crippen LogP contribution in [0.3, 0.4) is 0 Å². The van der Waals surface area contributed by atoms with Crippen LogP contribution in [-0.4, -0.2) is 37.2 Å². The van der Waals surface area contributed by atoms with Crippen LogP contribution in [0.25, 0.3) is 10.2 Å². The Hall–Kier alpha value is -1.52. The lowest BCUT2D eigenvalue weighted by atomic mass is 10.2. The Morgan fingerprint density at radius 2 is 2.04 bits per heavy atom. The molecule has 1 amide bonds. The van der Waals surface area contributed by atoms with Crippen molar-refractivity contribution in [3.05, 3.63) is 40.2 Å². The van der Waals surface area contributed by atoms with E-state index >= 15 is 0 Å². The number of nitrogens with zero attached hydrogens (tertiary/aromatic N) is 2. The van der Waals surface area contributed by atoms with E-state index in [1.807, 2.05) is 25.1 Å². The second-order valence-electron chi connectivity index (χ2n) is 5.36. The standard InChI is InChI=1S/C15H14ClN3O3S3/c1-9-3-4-10-11(7-9)23-15(17-10)18-13(20)8-19(2)25(21,22)14-6-5-12(16)24-14/h3-7H,8H2,1-2H3,(H,17,18,20). The summed E-state index contributed by atoms with van der Waals surface area (Å²) in [6, 6.07) is 8.75. The van der Waals surface area contributed by atoms with Crippen molar-refractivity contribution in [2.75, 3.05) is 18.9 Å². The van der Waals surface area contributed by atoms with E-state index in [2.05, 4.69) is 10.3 Å². The van der Waals surface area contributed by atoms with E-state index in [4.69, 9.17) is 11.6 Å². The first-order valence-corrected chi connectivity index (χ1v) is 10.6. The van der Waals surface area contributed by atoms with Gasteiger partial charge in [0.1, 0.15) is 4.21 Å². The van der Waals surface area contributed by atoms with Crippen LogP contribution in [-0.2, 0) is 14.8 Å². The third-order valence-electron chi connectivity index (χ3n) is 3.37. The number of hydrogen-bond acceptors (Lipinski definition) is 6. The third kappa shape index (κ3) is 4.01. The lowest BCUT2D eigenvalue weighted by Gasteiger charge is -2.14. The molecular formula is C15H14ClN3O3S3. The van der Waals surface area contributed by atoms with Gasteiger partial charge in [-0.1, -0.05) is 29.0 Å². The molecule has 0 atom stereocenters. The predicted octanol–water partition coefficient (Wildman–Crippen LogP) is 3.58. The maximum absolute atomic E-state index is 12.4. The first-order valence-electron chi connectivity index (χ1n) is 7.14. The fourth-order valence-electron chi connectivity index (χ4n) is 2.12. The summed E-state index contributed by atoms with van der Waals surface area (Å²) in [6.07, 6.45) is 0. The van der Waals surface area contributed by atoms with Gasteiger partial charge in [-0.2, -0.15) is 4.31 Å². The van der Waals surface area contributed by atoms with Gasteiger partial charge >= 0.3 is 0 Å². The normalized spacial score (nSPS) is 12.0. The van der Waals surface area contributed by atoms with Gasteiger partial charge in [0.2, 0.25) is 5.91 Å². The zero-order valence-corrected chi connectivity index (χ0v) is 16.5. The van der Waals surface area contributed by atoms with E-state index in [0.717, 1.165) is 31.4 Å². The maximum atomic E-state index is 12.4. The first kappa shape index (κ1) is 18.3. The summed E-state index contributed by atoms with van der Waals surface area (Å²) in [6.45, 7) is 1.67. The molecule has 0 aliphatic heterocycles. The number of sulfonamides is 1. The SMILES string of the molecule is Cc1ccc2nc(NC(=O)CN(C)S(=O)(=O)c3ccc(Cl)s3)sc2c1. The molecule has 1 N–H and O–H groups in total. The van der Waals surface area contributed by atoms with Crippen molar-refractivity contribution in [2.24, 2.45) is 0 Å². The summed E-state index contributed by atoms with van der Waals surface area (Å²) in [5.74, 6) is -0.454. The van der Waals surface area contributed by atoms with E-state index in [1.54, 1.807) is 0 Å². The number of carbonyl (C=O) groups is 1. The van der Waals surface area contributed by atoms with Crippen LogP contribution < -0.4 is 5.32 Å². The van der Waals surface area contributed by atoms with Crippen LogP contribution >= 0.6 is 34.3 Å². The van der Waals surface area contributed by atoms with Gasteiger partial charge in [-0.15, -0.1) is 11.3 Å². The summed E-state index contributed by atoms with van der Waals surface area (Å²) in [7, 11) is -2.39. The highest BCUT2D eigenvalue weighted by molar-refractivity contribution is 7.91. The van der Waals surface area contributed by atoms with Crippen molar-refractivity contribution >= 4 is 65.6 Å². The Balaban J connectivity index is 1.70. The molecule has 0 aliphatic rings. The number of amides is 1. The van der Waals surface area contributed by atoms with E-state index in [1.165, 1.54) is 30.5 Å². The Kier molecular flexibility index (Phi) is 5.12. The van der Waals surface area contributed by atoms with Crippen molar-refractivity contribution in [3.63, 3.8) is 0 Å². The Morgan fingerprint density at radius 1 is 1.28 bits per heavy atom. The Bertz CT molecular complexity index is 1040. The number of nitrogens with one attached hydrogen (secondary N) is 1. The fraction of sp³-hybridized carbons (Fsp3) is 0.200. The molecule has 0 saturated carbocycles. The summed E-state index contributed by atoms with van der Waals surface area (Å²) >= 11 is 8.08. The molecule has 25 heavy (non-hydrogen) atoms. The van der Waals surface area contributed by atoms with Crippen molar-refractivity contribution in [1.29, 1.82) is 0 Å². The minimum atomic E-state index is -3.75. The number of aryl methyl sites for hydroxylation is 1. The predicted molar refractivity (Wildman–Crippen MR) is 102 cm³/mol. The number of aromatic nitrogens is 1. The molecule has 1 aromatic carbocycles. The Labute approximate surface area is 158 Å². The van der Waals surface area contributed by atoms with E-state index in [-0.39, 0.29) is 10.8 Å². The number of fused-ring (bicyclic) bond motifs is 1. The topological polar surface area (TPSA) is 79.4 Å². The molecule has 0 saturated heterocycles. The van der Waals surface area contributed by atoms with E-state index < -0.39 is 15.9 Å². The number of halogens is 1. The molecule has 0 fully saturated rings. The molecule has 132 valence electrons. The van der Waals surface area contributed by atoms with Crippen LogP contribution in [0.2, 0.25) is 4.34 Å². The quantitative estimate of drug-likeness (QED) is 0.690. The summed E-state index contributed by atoms with van der Waals surface area (Å²) in [4.78, 5) is 16.5. The van der Waals surface area contributed by atoms with E-state index in [9.17, 15) is 13.2 Å². The molecule has 0 spiro atoms. The average molecular weight is 416 g/mol. The molecule has 10 heteroatoms. The van der Waals surface area contributed by atoms with Crippen molar-refractivity contribution in [3.8, 4) is 0 Å². The number of rotatable bonds is 5. The average Bonchev–Trinajstić information content (AvgIpc) is 3.12. The lowest BCUT2D eigenvalue weighted by molar-refractivity contribution is -0.116. The molecule has 0 radical (unpaired) electrons. The van der Waals surface area contributed by atoms with Crippen LogP contribution in [0, 0.1) is 6.92 Å². The highest BCUT2D eigenvalue weighted by atomic mass is 35.5. The van der Waals surface area contributed by atoms with Crippen molar-refractivity contribution < 1.29 is 13.2 Å². The van der Waals surface area contributed by atoms with Gasteiger partial charge in [0.05, 0.1) is 21.1 Å². The molecule has 0 aliphatic carbocycles. The van der Waals surface area contributed by atoms with Gasteiger partial charge in [0.25, 0.3) is 10.0 Å². The van der Waals surface area contributed by atoms with Crippen molar-refractivity contribution in [1.82, 2.24) is 9.29 Å². The molecule has 2 heterocycles. The van der Waals surface area contributed by atoms with Gasteiger partial charge in [0, 0.05) is 7.05 Å². The van der Waals surface area contributed by atoms with Gasteiger partial charge in [-0.05, 0) is 36.8 Å². The minimum Gasteiger partial charge on any atom is -0.301 e. The zero-order valence-electron chi connectivity index (χ0n) is 13.3. The van der Waals surface area contributed by atoms with Gasteiger partial charge in [-0.25, -0.2) is 13.4 Å². The number of anilines is 1. The number of benzene rings is 1. The van der Waals surface area contributed by atoms with Crippen LogP contribution in [0.15, 0.2) is 34.5 Å². The second kappa shape index (κ2) is 7.00. The highest BCUT2D eigenvalue weighted by Gasteiger charge is 2.25.